The van der Waals surface area contributed by atoms with Gasteiger partial charge in [0, 0.05) is 11.4 Å². The zero-order valence-electron chi connectivity index (χ0n) is 9.33. The van der Waals surface area contributed by atoms with E-state index >= 15 is 0 Å². The molecule has 2 aliphatic carbocycles. The van der Waals surface area contributed by atoms with Crippen molar-refractivity contribution >= 4 is 15.9 Å². The maximum absolute atomic E-state index is 5.61. The average Bonchev–Trinajstić information content (AvgIpc) is 2.83. The maximum Gasteiger partial charge on any atom is 0.0505 e. The summed E-state index contributed by atoms with van der Waals surface area (Å²) in [5.41, 5.74) is 0. The minimum Gasteiger partial charge on any atom is -0.381 e. The Morgan fingerprint density at radius 2 is 2.00 bits per heavy atom. The summed E-state index contributed by atoms with van der Waals surface area (Å²) in [6.45, 7) is 1.97. The monoisotopic (exact) mass is 272 g/mol. The molecular formula is C13H21BrO. The number of hydrogen-bond acceptors (Lipinski definition) is 1. The number of rotatable bonds is 2. The lowest BCUT2D eigenvalue weighted by molar-refractivity contribution is 0.0466. The summed E-state index contributed by atoms with van der Waals surface area (Å²) in [7, 11) is 0. The number of hydrogen-bond donors (Lipinski definition) is 0. The minimum absolute atomic E-state index is 0.727. The number of fused-ring (bicyclic) bond motifs is 2. The van der Waals surface area contributed by atoms with E-state index in [1.165, 1.54) is 32.1 Å². The highest BCUT2D eigenvalue weighted by Gasteiger charge is 2.41. The van der Waals surface area contributed by atoms with Gasteiger partial charge >= 0.3 is 0 Å². The van der Waals surface area contributed by atoms with E-state index in [9.17, 15) is 0 Å². The van der Waals surface area contributed by atoms with Crippen LogP contribution in [0.3, 0.4) is 0 Å². The highest BCUT2D eigenvalue weighted by atomic mass is 79.9. The fourth-order valence-electron chi connectivity index (χ4n) is 4.04. The Labute approximate surface area is 101 Å². The molecule has 15 heavy (non-hydrogen) atoms. The zero-order valence-corrected chi connectivity index (χ0v) is 10.9. The summed E-state index contributed by atoms with van der Waals surface area (Å²) in [6, 6.07) is 0. The Kier molecular flexibility index (Phi) is 3.08. The lowest BCUT2D eigenvalue weighted by Gasteiger charge is -2.32. The van der Waals surface area contributed by atoms with Gasteiger partial charge in [-0.3, -0.25) is 0 Å². The largest absolute Gasteiger partial charge is 0.381 e. The second kappa shape index (κ2) is 4.37. The van der Waals surface area contributed by atoms with Crippen molar-refractivity contribution in [3.63, 3.8) is 0 Å². The van der Waals surface area contributed by atoms with Crippen molar-refractivity contribution in [3.8, 4) is 0 Å². The van der Waals surface area contributed by atoms with Crippen molar-refractivity contribution in [1.82, 2.24) is 0 Å². The third-order valence-electron chi connectivity index (χ3n) is 4.87. The van der Waals surface area contributed by atoms with Crippen LogP contribution in [0.1, 0.15) is 38.5 Å². The van der Waals surface area contributed by atoms with Crippen LogP contribution in [0.15, 0.2) is 0 Å². The lowest BCUT2D eigenvalue weighted by Crippen LogP contribution is -2.30. The van der Waals surface area contributed by atoms with Gasteiger partial charge in [0.1, 0.15) is 0 Å². The van der Waals surface area contributed by atoms with E-state index in [1.54, 1.807) is 6.42 Å². The van der Waals surface area contributed by atoms with Gasteiger partial charge in [0.25, 0.3) is 0 Å². The first-order chi connectivity index (χ1) is 7.33. The van der Waals surface area contributed by atoms with Crippen LogP contribution in [0.4, 0.5) is 0 Å². The molecule has 2 heteroatoms. The summed E-state index contributed by atoms with van der Waals surface area (Å²) in [6.07, 6.45) is 8.77. The molecule has 2 saturated carbocycles. The molecule has 0 aromatic carbocycles. The molecule has 1 heterocycles. The van der Waals surface area contributed by atoms with E-state index in [0.29, 0.717) is 0 Å². The van der Waals surface area contributed by atoms with Crippen LogP contribution in [0.5, 0.6) is 0 Å². The molecule has 86 valence electrons. The first-order valence-electron chi connectivity index (χ1n) is 6.54. The number of alkyl halides is 1. The van der Waals surface area contributed by atoms with Gasteiger partial charge in [0.15, 0.2) is 0 Å². The standard InChI is InChI=1S/C13H21BrO/c14-13-3-4-15-8-12(13)7-11-6-9-1-2-10(11)5-9/h9-13H,1-8H2. The molecule has 0 radical (unpaired) electrons. The van der Waals surface area contributed by atoms with Crippen molar-refractivity contribution in [1.29, 1.82) is 0 Å². The van der Waals surface area contributed by atoms with E-state index in [-0.39, 0.29) is 0 Å². The Morgan fingerprint density at radius 3 is 2.67 bits per heavy atom. The van der Waals surface area contributed by atoms with Gasteiger partial charge in [0.05, 0.1) is 6.61 Å². The molecule has 0 aromatic rings. The topological polar surface area (TPSA) is 9.23 Å². The van der Waals surface area contributed by atoms with E-state index in [1.807, 2.05) is 0 Å². The molecule has 0 aromatic heterocycles. The van der Waals surface area contributed by atoms with Crippen LogP contribution in [0, 0.1) is 23.7 Å². The van der Waals surface area contributed by atoms with Gasteiger partial charge in [0.2, 0.25) is 0 Å². The third-order valence-corrected chi connectivity index (χ3v) is 6.08. The highest BCUT2D eigenvalue weighted by molar-refractivity contribution is 9.09. The van der Waals surface area contributed by atoms with E-state index in [2.05, 4.69) is 15.9 Å². The molecule has 0 N–H and O–H groups in total. The highest BCUT2D eigenvalue weighted by Crippen LogP contribution is 2.51. The molecule has 3 fully saturated rings. The Hall–Kier alpha value is 0.440. The minimum atomic E-state index is 0.727. The van der Waals surface area contributed by atoms with E-state index in [4.69, 9.17) is 4.74 Å². The van der Waals surface area contributed by atoms with Gasteiger partial charge in [-0.2, -0.15) is 0 Å². The maximum atomic E-state index is 5.61. The van der Waals surface area contributed by atoms with Crippen molar-refractivity contribution in [2.45, 2.75) is 43.4 Å². The Bertz CT molecular complexity index is 231. The summed E-state index contributed by atoms with van der Waals surface area (Å²) in [5.74, 6) is 4.01. The Morgan fingerprint density at radius 1 is 1.07 bits per heavy atom. The molecular weight excluding hydrogens is 252 g/mol. The van der Waals surface area contributed by atoms with Crippen molar-refractivity contribution in [2.24, 2.45) is 23.7 Å². The molecule has 3 aliphatic rings. The fraction of sp³-hybridized carbons (Fsp3) is 1.00. The molecule has 3 rings (SSSR count). The smallest absolute Gasteiger partial charge is 0.0505 e. The molecule has 2 bridgehead atoms. The van der Waals surface area contributed by atoms with Crippen molar-refractivity contribution in [3.05, 3.63) is 0 Å². The van der Waals surface area contributed by atoms with E-state index < -0.39 is 0 Å². The quantitative estimate of drug-likeness (QED) is 0.698. The number of halogens is 1. The second-order valence-electron chi connectivity index (χ2n) is 5.81. The van der Waals surface area contributed by atoms with Crippen LogP contribution in [-0.4, -0.2) is 18.0 Å². The predicted octanol–water partition coefficient (Wildman–Crippen LogP) is 3.61. The predicted molar refractivity (Wildman–Crippen MR) is 65.2 cm³/mol. The van der Waals surface area contributed by atoms with E-state index in [0.717, 1.165) is 41.7 Å². The molecule has 0 amide bonds. The van der Waals surface area contributed by atoms with Crippen LogP contribution < -0.4 is 0 Å². The summed E-state index contributed by atoms with van der Waals surface area (Å²) >= 11 is 3.84. The van der Waals surface area contributed by atoms with Gasteiger partial charge < -0.3 is 4.74 Å². The summed E-state index contributed by atoms with van der Waals surface area (Å²) < 4.78 is 5.61. The van der Waals surface area contributed by atoms with Gasteiger partial charge in [-0.25, -0.2) is 0 Å². The molecule has 5 unspecified atom stereocenters. The molecule has 0 spiro atoms. The van der Waals surface area contributed by atoms with Crippen LogP contribution in [0.25, 0.3) is 0 Å². The van der Waals surface area contributed by atoms with Gasteiger partial charge in [-0.05, 0) is 55.8 Å². The van der Waals surface area contributed by atoms with Crippen LogP contribution in [-0.2, 0) is 4.74 Å². The normalized spacial score (nSPS) is 49.8. The molecule has 1 nitrogen and oxygen atoms in total. The van der Waals surface area contributed by atoms with Crippen molar-refractivity contribution in [2.75, 3.05) is 13.2 Å². The fourth-order valence-corrected chi connectivity index (χ4v) is 4.60. The number of ether oxygens (including phenoxy) is 1. The summed E-state index contributed by atoms with van der Waals surface area (Å²) in [5, 5.41) is 0. The first kappa shape index (κ1) is 10.6. The van der Waals surface area contributed by atoms with Crippen LogP contribution in [0.2, 0.25) is 0 Å². The SMILES string of the molecule is BrC1CCOCC1CC1CC2CCC1C2. The second-order valence-corrected chi connectivity index (χ2v) is 6.99. The van der Waals surface area contributed by atoms with Gasteiger partial charge in [-0.1, -0.05) is 22.4 Å². The van der Waals surface area contributed by atoms with Gasteiger partial charge in [-0.15, -0.1) is 0 Å². The van der Waals surface area contributed by atoms with Crippen molar-refractivity contribution < 1.29 is 4.74 Å². The summed E-state index contributed by atoms with van der Waals surface area (Å²) in [4.78, 5) is 0.727. The first-order valence-corrected chi connectivity index (χ1v) is 7.46. The zero-order chi connectivity index (χ0) is 10.3. The molecule has 1 saturated heterocycles. The average molecular weight is 273 g/mol. The Balaban J connectivity index is 1.56. The van der Waals surface area contributed by atoms with Crippen LogP contribution >= 0.6 is 15.9 Å². The third kappa shape index (κ3) is 2.12. The molecule has 1 aliphatic heterocycles. The lowest BCUT2D eigenvalue weighted by atomic mass is 9.81. The molecule has 5 atom stereocenters.